The second-order valence-electron chi connectivity index (χ2n) is 4.22. The average Bonchev–Trinajstić information content (AvgIpc) is 2.41. The lowest BCUT2D eigenvalue weighted by atomic mass is 9.92. The highest BCUT2D eigenvalue weighted by atomic mass is 16.6. The number of carbonyl (C=O) groups excluding carboxylic acids is 2. The van der Waals surface area contributed by atoms with Gasteiger partial charge in [0.25, 0.3) is 0 Å². The number of allylic oxidation sites excluding steroid dienone is 1. The predicted molar refractivity (Wildman–Crippen MR) is 71.9 cm³/mol. The number of methoxy groups -OCH3 is 1. The van der Waals surface area contributed by atoms with Crippen molar-refractivity contribution >= 4 is 17.7 Å². The number of ether oxygens (including phenoxy) is 3. The molecule has 0 aromatic heterocycles. The van der Waals surface area contributed by atoms with Crippen molar-refractivity contribution in [3.8, 4) is 0 Å². The van der Waals surface area contributed by atoms with E-state index in [9.17, 15) is 9.59 Å². The Morgan fingerprint density at radius 1 is 1.25 bits per heavy atom. The molecule has 0 fully saturated rings. The van der Waals surface area contributed by atoms with Gasteiger partial charge in [-0.15, -0.1) is 0 Å². The molecule has 7 heteroatoms. The van der Waals surface area contributed by atoms with Crippen molar-refractivity contribution in [1.29, 1.82) is 0 Å². The highest BCUT2D eigenvalue weighted by Gasteiger charge is 2.36. The first kappa shape index (κ1) is 16.2. The molecule has 0 aliphatic carbocycles. The van der Waals surface area contributed by atoms with E-state index >= 15 is 0 Å². The number of hydrogen-bond acceptors (Lipinski definition) is 7. The molecule has 1 aliphatic heterocycles. The second-order valence-corrected chi connectivity index (χ2v) is 4.22. The van der Waals surface area contributed by atoms with E-state index < -0.39 is 17.9 Å². The minimum absolute atomic E-state index is 0.127. The lowest BCUT2D eigenvalue weighted by molar-refractivity contribution is -0.149. The van der Waals surface area contributed by atoms with Gasteiger partial charge in [-0.2, -0.15) is 5.10 Å². The molecule has 1 N–H and O–H groups in total. The summed E-state index contributed by atoms with van der Waals surface area (Å²) in [6.45, 7) is 5.68. The molecule has 1 rings (SSSR count). The number of nitrogens with one attached hydrogen (secondary N) is 1. The highest BCUT2D eigenvalue weighted by molar-refractivity contribution is 6.11. The fraction of sp³-hybridized carbons (Fsp3) is 0.615. The van der Waals surface area contributed by atoms with Crippen LogP contribution in [0.4, 0.5) is 0 Å². The van der Waals surface area contributed by atoms with Crippen LogP contribution < -0.4 is 5.43 Å². The van der Waals surface area contributed by atoms with Crippen LogP contribution in [0, 0.1) is 5.92 Å². The molecular weight excluding hydrogens is 264 g/mol. The van der Waals surface area contributed by atoms with E-state index in [0.717, 1.165) is 0 Å². The van der Waals surface area contributed by atoms with E-state index in [1.54, 1.807) is 20.8 Å². The smallest absolute Gasteiger partial charge is 0.337 e. The van der Waals surface area contributed by atoms with Gasteiger partial charge in [-0.25, -0.2) is 4.79 Å². The Bertz CT molecular complexity index is 442. The minimum Gasteiger partial charge on any atom is -0.463 e. The Labute approximate surface area is 118 Å². The third-order valence-electron chi connectivity index (χ3n) is 2.77. The summed E-state index contributed by atoms with van der Waals surface area (Å²) >= 11 is 0. The Morgan fingerprint density at radius 2 is 1.95 bits per heavy atom. The van der Waals surface area contributed by atoms with Crippen LogP contribution in [-0.2, 0) is 23.8 Å². The maximum absolute atomic E-state index is 12.1. The summed E-state index contributed by atoms with van der Waals surface area (Å²) in [6, 6.07) is 0. The fourth-order valence-electron chi connectivity index (χ4n) is 1.80. The Kier molecular flexibility index (Phi) is 6.17. The van der Waals surface area contributed by atoms with Crippen LogP contribution in [0.1, 0.15) is 20.8 Å². The molecule has 20 heavy (non-hydrogen) atoms. The van der Waals surface area contributed by atoms with Crippen molar-refractivity contribution in [3.63, 3.8) is 0 Å². The molecule has 0 aromatic rings. The van der Waals surface area contributed by atoms with E-state index in [-0.39, 0.29) is 18.8 Å². The van der Waals surface area contributed by atoms with Gasteiger partial charge in [0.05, 0.1) is 24.5 Å². The van der Waals surface area contributed by atoms with E-state index in [0.29, 0.717) is 18.0 Å². The molecule has 1 unspecified atom stereocenters. The van der Waals surface area contributed by atoms with Gasteiger partial charge in [0.15, 0.2) is 0 Å². The molecular formula is C13H20N2O5. The van der Waals surface area contributed by atoms with Crippen molar-refractivity contribution < 1.29 is 23.8 Å². The molecule has 7 nitrogen and oxygen atoms in total. The topological polar surface area (TPSA) is 86.2 Å². The average molecular weight is 284 g/mol. The van der Waals surface area contributed by atoms with Crippen molar-refractivity contribution in [3.05, 3.63) is 11.3 Å². The lowest BCUT2D eigenvalue weighted by Gasteiger charge is -2.24. The van der Waals surface area contributed by atoms with Crippen molar-refractivity contribution in [2.24, 2.45) is 11.0 Å². The largest absolute Gasteiger partial charge is 0.463 e. The molecule has 0 saturated heterocycles. The van der Waals surface area contributed by atoms with Crippen LogP contribution in [0.3, 0.4) is 0 Å². The van der Waals surface area contributed by atoms with E-state index in [4.69, 9.17) is 14.2 Å². The molecule has 0 bridgehead atoms. The first-order valence-corrected chi connectivity index (χ1v) is 6.36. The van der Waals surface area contributed by atoms with Crippen LogP contribution in [-0.4, -0.2) is 44.6 Å². The van der Waals surface area contributed by atoms with Crippen LogP contribution in [0.25, 0.3) is 0 Å². The summed E-state index contributed by atoms with van der Waals surface area (Å²) in [5.74, 6) is -1.92. The molecule has 0 amide bonds. The summed E-state index contributed by atoms with van der Waals surface area (Å²) < 4.78 is 14.9. The molecule has 1 heterocycles. The molecule has 0 saturated carbocycles. The second kappa shape index (κ2) is 7.64. The van der Waals surface area contributed by atoms with Gasteiger partial charge < -0.3 is 14.2 Å². The Hall–Kier alpha value is -1.89. The van der Waals surface area contributed by atoms with Gasteiger partial charge in [-0.1, -0.05) is 0 Å². The maximum Gasteiger partial charge on any atom is 0.337 e. The Balaban J connectivity index is 2.92. The van der Waals surface area contributed by atoms with Crippen LogP contribution in [0.5, 0.6) is 0 Å². The van der Waals surface area contributed by atoms with Crippen LogP contribution in [0.15, 0.2) is 16.4 Å². The van der Waals surface area contributed by atoms with Crippen LogP contribution in [0.2, 0.25) is 0 Å². The first-order chi connectivity index (χ1) is 9.52. The molecule has 0 aromatic carbocycles. The van der Waals surface area contributed by atoms with Gasteiger partial charge in [0.1, 0.15) is 12.5 Å². The summed E-state index contributed by atoms with van der Waals surface area (Å²) in [5.41, 5.74) is 3.89. The monoisotopic (exact) mass is 284 g/mol. The van der Waals surface area contributed by atoms with Gasteiger partial charge >= 0.3 is 11.9 Å². The zero-order valence-corrected chi connectivity index (χ0v) is 12.2. The number of nitrogens with zero attached hydrogens (tertiary/aromatic N) is 1. The minimum atomic E-state index is -0.841. The number of esters is 2. The predicted octanol–water partition coefficient (Wildman–Crippen LogP) is 0.608. The van der Waals surface area contributed by atoms with Gasteiger partial charge in [-0.3, -0.25) is 10.2 Å². The quantitative estimate of drug-likeness (QED) is 0.568. The molecule has 0 spiro atoms. The van der Waals surface area contributed by atoms with Crippen molar-refractivity contribution in [2.45, 2.75) is 20.8 Å². The van der Waals surface area contributed by atoms with Crippen molar-refractivity contribution in [2.75, 3.05) is 26.9 Å². The first-order valence-electron chi connectivity index (χ1n) is 6.36. The number of rotatable bonds is 6. The summed E-state index contributed by atoms with van der Waals surface area (Å²) in [5, 5.41) is 4.00. The maximum atomic E-state index is 12.1. The van der Waals surface area contributed by atoms with E-state index in [1.807, 2.05) is 0 Å². The van der Waals surface area contributed by atoms with Crippen LogP contribution >= 0.6 is 0 Å². The van der Waals surface area contributed by atoms with E-state index in [1.165, 1.54) is 7.11 Å². The summed E-state index contributed by atoms with van der Waals surface area (Å²) in [6.07, 6.45) is 0. The highest BCUT2D eigenvalue weighted by Crippen LogP contribution is 2.23. The molecule has 112 valence electrons. The summed E-state index contributed by atoms with van der Waals surface area (Å²) in [7, 11) is 1.51. The lowest BCUT2D eigenvalue weighted by Crippen LogP contribution is -2.37. The number of hydrazone groups is 1. The number of carbonyl (C=O) groups is 2. The normalized spacial score (nSPS) is 18.2. The zero-order chi connectivity index (χ0) is 15.1. The van der Waals surface area contributed by atoms with Gasteiger partial charge in [-0.05, 0) is 20.8 Å². The van der Waals surface area contributed by atoms with Gasteiger partial charge in [0, 0.05) is 12.8 Å². The third-order valence-corrected chi connectivity index (χ3v) is 2.77. The fourth-order valence-corrected chi connectivity index (χ4v) is 1.80. The molecule has 0 radical (unpaired) electrons. The molecule has 1 aliphatic rings. The summed E-state index contributed by atoms with van der Waals surface area (Å²) in [4.78, 5) is 24.1. The molecule has 1 atom stereocenters. The zero-order valence-electron chi connectivity index (χ0n) is 12.2. The van der Waals surface area contributed by atoms with E-state index in [2.05, 4.69) is 10.5 Å². The SMILES string of the molecule is CCOC(=O)C1=C(C)NN=C(C)C1C(=O)OCCOC. The number of hydrogen-bond donors (Lipinski definition) is 1. The standard InChI is InChI=1S/C13H20N2O5/c1-5-19-12(16)10-8(2)14-15-9(3)11(10)13(17)20-7-6-18-4/h11,14H,5-7H2,1-4H3. The van der Waals surface area contributed by atoms with Crippen molar-refractivity contribution in [1.82, 2.24) is 5.43 Å². The Morgan fingerprint density at radius 3 is 2.55 bits per heavy atom. The third kappa shape index (κ3) is 3.80. The van der Waals surface area contributed by atoms with Gasteiger partial charge in [0.2, 0.25) is 0 Å².